The number of aromatic nitrogens is 1. The summed E-state index contributed by atoms with van der Waals surface area (Å²) in [7, 11) is -4.41. The van der Waals surface area contributed by atoms with Crippen molar-refractivity contribution in [2.75, 3.05) is 5.32 Å². The number of fused-ring (bicyclic) bond motifs is 1. The van der Waals surface area contributed by atoms with E-state index in [9.17, 15) is 18.5 Å². The van der Waals surface area contributed by atoms with E-state index in [0.717, 1.165) is 11.8 Å². The van der Waals surface area contributed by atoms with Crippen LogP contribution in [0, 0.1) is 10.1 Å². The van der Waals surface area contributed by atoms with Gasteiger partial charge in [-0.1, -0.05) is 36.4 Å². The normalized spacial score (nSPS) is 11.3. The Morgan fingerprint density at radius 1 is 1.06 bits per heavy atom. The van der Waals surface area contributed by atoms with Crippen LogP contribution in [0.25, 0.3) is 10.9 Å². The number of nitrogens with zero attached hydrogens (tertiary/aromatic N) is 3. The summed E-state index contributed by atoms with van der Waals surface area (Å²) in [5.74, 6) is -0.436. The highest BCUT2D eigenvalue weighted by molar-refractivity contribution is 7.87. The Bertz CT molecular complexity index is 1540. The van der Waals surface area contributed by atoms with Crippen LogP contribution in [0.1, 0.15) is 5.56 Å². The van der Waals surface area contributed by atoms with Gasteiger partial charge in [0.1, 0.15) is 4.90 Å². The molecule has 35 heavy (non-hydrogen) atoms. The summed E-state index contributed by atoms with van der Waals surface area (Å²) in [6, 6.07) is 20.9. The van der Waals surface area contributed by atoms with Crippen molar-refractivity contribution in [1.29, 1.82) is 0 Å². The molecule has 10 nitrogen and oxygen atoms in total. The second-order valence-corrected chi connectivity index (χ2v) is 8.97. The van der Waals surface area contributed by atoms with Crippen LogP contribution in [0.15, 0.2) is 95.1 Å². The molecule has 0 saturated heterocycles. The summed E-state index contributed by atoms with van der Waals surface area (Å²) < 4.78 is 31.0. The van der Waals surface area contributed by atoms with Crippen molar-refractivity contribution in [1.82, 2.24) is 10.4 Å². The monoisotopic (exact) mass is 507 g/mol. The number of anilines is 1. The third-order valence-corrected chi connectivity index (χ3v) is 6.12. The number of pyridine rings is 1. The quantitative estimate of drug-likeness (QED) is 0.124. The first kappa shape index (κ1) is 23.7. The lowest BCUT2D eigenvalue weighted by molar-refractivity contribution is -0.385. The molecule has 0 saturated carbocycles. The van der Waals surface area contributed by atoms with Gasteiger partial charge in [0.05, 0.1) is 16.7 Å². The molecule has 0 aliphatic rings. The fraction of sp³-hybridized carbons (Fsp3) is 0. The molecule has 0 spiro atoms. The Morgan fingerprint density at radius 2 is 1.83 bits per heavy atom. The van der Waals surface area contributed by atoms with Crippen LogP contribution >= 0.6 is 12.2 Å². The molecule has 0 radical (unpaired) electrons. The van der Waals surface area contributed by atoms with Crippen molar-refractivity contribution >= 4 is 55.9 Å². The van der Waals surface area contributed by atoms with Gasteiger partial charge < -0.3 is 9.50 Å². The molecular weight excluding hydrogens is 490 g/mol. The molecule has 0 fully saturated rings. The van der Waals surface area contributed by atoms with Gasteiger partial charge in [-0.3, -0.25) is 20.5 Å². The van der Waals surface area contributed by atoms with Gasteiger partial charge in [-0.05, 0) is 48.6 Å². The zero-order chi connectivity index (χ0) is 24.8. The Hall–Kier alpha value is -4.42. The molecular formula is C23H17N5O5S2. The Labute approximate surface area is 205 Å². The van der Waals surface area contributed by atoms with Crippen LogP contribution in [0.2, 0.25) is 0 Å². The minimum absolute atomic E-state index is 0.195. The number of benzene rings is 3. The molecule has 12 heteroatoms. The van der Waals surface area contributed by atoms with Gasteiger partial charge in [0.2, 0.25) is 5.75 Å². The van der Waals surface area contributed by atoms with Gasteiger partial charge in [0, 0.05) is 28.9 Å². The van der Waals surface area contributed by atoms with E-state index in [1.54, 1.807) is 18.2 Å². The smallest absolute Gasteiger partial charge is 0.341 e. The second-order valence-electron chi connectivity index (χ2n) is 7.04. The molecule has 2 N–H and O–H groups in total. The molecule has 0 amide bonds. The fourth-order valence-electron chi connectivity index (χ4n) is 3.11. The van der Waals surface area contributed by atoms with Gasteiger partial charge in [-0.2, -0.15) is 13.5 Å². The molecule has 4 aromatic rings. The molecule has 0 aliphatic carbocycles. The average molecular weight is 508 g/mol. The summed E-state index contributed by atoms with van der Waals surface area (Å²) in [4.78, 5) is 14.8. The van der Waals surface area contributed by atoms with Gasteiger partial charge in [-0.25, -0.2) is 0 Å². The third-order valence-electron chi connectivity index (χ3n) is 4.66. The highest BCUT2D eigenvalue weighted by Crippen LogP contribution is 2.31. The minimum Gasteiger partial charge on any atom is -0.372 e. The van der Waals surface area contributed by atoms with Crippen molar-refractivity contribution in [3.05, 3.63) is 101 Å². The van der Waals surface area contributed by atoms with E-state index in [1.165, 1.54) is 36.7 Å². The Morgan fingerprint density at radius 3 is 2.60 bits per heavy atom. The zero-order valence-corrected chi connectivity index (χ0v) is 19.5. The number of nitro groups is 1. The SMILES string of the molecule is O=[N+]([O-])c1cc(/C=N/NC(=S)Nc2ccccc2)ccc1OS(=O)(=O)c1cccc2cccnc12. The number of hydrogen-bond donors (Lipinski definition) is 2. The van der Waals surface area contributed by atoms with E-state index in [-0.39, 0.29) is 15.5 Å². The molecule has 1 heterocycles. The molecule has 0 bridgehead atoms. The van der Waals surface area contributed by atoms with Gasteiger partial charge in [-0.15, -0.1) is 0 Å². The lowest BCUT2D eigenvalue weighted by Gasteiger charge is -2.10. The summed E-state index contributed by atoms with van der Waals surface area (Å²) in [5.41, 5.74) is 3.35. The van der Waals surface area contributed by atoms with E-state index >= 15 is 0 Å². The van der Waals surface area contributed by atoms with Crippen LogP contribution in [-0.4, -0.2) is 29.7 Å². The van der Waals surface area contributed by atoms with E-state index in [2.05, 4.69) is 20.8 Å². The largest absolute Gasteiger partial charge is 0.372 e. The van der Waals surface area contributed by atoms with Crippen molar-refractivity contribution in [2.24, 2.45) is 5.10 Å². The fourth-order valence-corrected chi connectivity index (χ4v) is 4.41. The Kier molecular flexibility index (Phi) is 6.94. The molecule has 3 aromatic carbocycles. The van der Waals surface area contributed by atoms with Gasteiger partial charge in [0.25, 0.3) is 0 Å². The van der Waals surface area contributed by atoms with Crippen molar-refractivity contribution in [3.8, 4) is 5.75 Å². The van der Waals surface area contributed by atoms with Crippen LogP contribution < -0.4 is 14.9 Å². The van der Waals surface area contributed by atoms with Crippen molar-refractivity contribution in [3.63, 3.8) is 0 Å². The first-order valence-electron chi connectivity index (χ1n) is 10.1. The van der Waals surface area contributed by atoms with E-state index < -0.39 is 26.5 Å². The lowest BCUT2D eigenvalue weighted by atomic mass is 10.2. The summed E-state index contributed by atoms with van der Waals surface area (Å²) >= 11 is 5.14. The second kappa shape index (κ2) is 10.2. The molecule has 176 valence electrons. The first-order chi connectivity index (χ1) is 16.8. The summed E-state index contributed by atoms with van der Waals surface area (Å²) in [6.07, 6.45) is 2.76. The minimum atomic E-state index is -4.41. The maximum Gasteiger partial charge on any atom is 0.341 e. The predicted molar refractivity (Wildman–Crippen MR) is 136 cm³/mol. The van der Waals surface area contributed by atoms with Crippen LogP contribution in [0.4, 0.5) is 11.4 Å². The maximum atomic E-state index is 12.9. The van der Waals surface area contributed by atoms with E-state index in [4.69, 9.17) is 16.4 Å². The molecule has 1 aromatic heterocycles. The van der Waals surface area contributed by atoms with Crippen molar-refractivity contribution in [2.45, 2.75) is 4.90 Å². The average Bonchev–Trinajstić information content (AvgIpc) is 2.84. The predicted octanol–water partition coefficient (Wildman–Crippen LogP) is 4.23. The topological polar surface area (TPSA) is 136 Å². The highest BCUT2D eigenvalue weighted by atomic mass is 32.2. The van der Waals surface area contributed by atoms with E-state index in [0.29, 0.717) is 10.9 Å². The van der Waals surface area contributed by atoms with Crippen LogP contribution in [0.5, 0.6) is 5.75 Å². The highest BCUT2D eigenvalue weighted by Gasteiger charge is 2.25. The maximum absolute atomic E-state index is 12.9. The van der Waals surface area contributed by atoms with Crippen LogP contribution in [-0.2, 0) is 10.1 Å². The zero-order valence-electron chi connectivity index (χ0n) is 17.9. The molecule has 4 rings (SSSR count). The molecule has 0 unspecified atom stereocenters. The standard InChI is InChI=1S/C23H17N5O5S2/c29-28(30)19-14-16(15-25-27-23(34)26-18-8-2-1-3-9-18)11-12-20(19)33-35(31,32)21-10-4-6-17-7-5-13-24-22(17)21/h1-15H,(H2,26,27,34)/b25-15+. The molecule has 0 atom stereocenters. The number of para-hydroxylation sites is 2. The first-order valence-corrected chi connectivity index (χ1v) is 11.9. The third kappa shape index (κ3) is 5.75. The summed E-state index contributed by atoms with van der Waals surface area (Å²) in [6.45, 7) is 0. The van der Waals surface area contributed by atoms with Gasteiger partial charge >= 0.3 is 15.8 Å². The number of hydrazone groups is 1. The number of hydrogen-bond acceptors (Lipinski definition) is 8. The number of nitrogens with one attached hydrogen (secondary N) is 2. The molecule has 0 aliphatic heterocycles. The Balaban J connectivity index is 1.53. The van der Waals surface area contributed by atoms with Gasteiger partial charge in [0.15, 0.2) is 5.11 Å². The lowest BCUT2D eigenvalue weighted by Crippen LogP contribution is -2.23. The number of rotatable bonds is 7. The summed E-state index contributed by atoms with van der Waals surface area (Å²) in [5, 5.41) is 19.3. The van der Waals surface area contributed by atoms with Crippen molar-refractivity contribution < 1.29 is 17.5 Å². The number of thiocarbonyl (C=S) groups is 1. The number of nitro benzene ring substituents is 1. The van der Waals surface area contributed by atoms with E-state index in [1.807, 2.05) is 30.3 Å². The van der Waals surface area contributed by atoms with Crippen LogP contribution in [0.3, 0.4) is 0 Å².